The van der Waals surface area contributed by atoms with Crippen molar-refractivity contribution in [1.29, 1.82) is 0 Å². The number of aryl methyl sites for hydroxylation is 2. The number of benzene rings is 2. The van der Waals surface area contributed by atoms with E-state index in [-0.39, 0.29) is 6.42 Å². The van der Waals surface area contributed by atoms with Gasteiger partial charge < -0.3 is 14.9 Å². The number of carboxylic acid groups (broad SMARTS) is 1. The Morgan fingerprint density at radius 1 is 1.18 bits per heavy atom. The minimum Gasteiger partial charge on any atom is -0.550 e. The van der Waals surface area contributed by atoms with Crippen LogP contribution in [-0.4, -0.2) is 11.0 Å². The lowest BCUT2D eigenvalue weighted by Gasteiger charge is -2.06. The monoisotopic (exact) mass is 356 g/mol. The number of hydrogen-bond acceptors (Lipinski definition) is 2. The normalized spacial score (nSPS) is 11.0. The molecule has 0 fully saturated rings. The fraction of sp³-hybridized carbons (Fsp3) is 0.167. The van der Waals surface area contributed by atoms with Gasteiger partial charge in [-0.05, 0) is 55.2 Å². The van der Waals surface area contributed by atoms with E-state index in [9.17, 15) is 9.90 Å². The Morgan fingerprint density at radius 2 is 1.91 bits per heavy atom. The van der Waals surface area contributed by atoms with E-state index < -0.39 is 5.97 Å². The van der Waals surface area contributed by atoms with E-state index in [4.69, 9.17) is 0 Å². The molecule has 4 heteroatoms. The molecule has 3 aromatic rings. The summed E-state index contributed by atoms with van der Waals surface area (Å²) in [6.45, 7) is 2.04. The van der Waals surface area contributed by atoms with Crippen molar-refractivity contribution in [2.45, 2.75) is 19.8 Å². The van der Waals surface area contributed by atoms with Gasteiger partial charge in [-0.15, -0.1) is 0 Å². The van der Waals surface area contributed by atoms with Crippen molar-refractivity contribution in [3.63, 3.8) is 0 Å². The Kier molecular flexibility index (Phi) is 4.03. The molecular formula is C18H15BrNO2-. The van der Waals surface area contributed by atoms with E-state index in [1.807, 2.05) is 43.3 Å². The van der Waals surface area contributed by atoms with Crippen LogP contribution in [0.15, 0.2) is 46.9 Å². The number of H-pyrrole nitrogens is 1. The molecule has 0 aliphatic heterocycles. The zero-order valence-corrected chi connectivity index (χ0v) is 13.7. The summed E-state index contributed by atoms with van der Waals surface area (Å²) in [5.74, 6) is -1.02. The maximum absolute atomic E-state index is 10.9. The molecule has 1 N–H and O–H groups in total. The highest BCUT2D eigenvalue weighted by atomic mass is 79.9. The first-order valence-corrected chi connectivity index (χ1v) is 7.91. The summed E-state index contributed by atoms with van der Waals surface area (Å²) >= 11 is 3.43. The first kappa shape index (κ1) is 14.9. The molecule has 0 aliphatic rings. The fourth-order valence-corrected chi connectivity index (χ4v) is 2.98. The molecule has 0 amide bonds. The van der Waals surface area contributed by atoms with E-state index in [0.717, 1.165) is 37.8 Å². The second-order valence-electron chi connectivity index (χ2n) is 5.41. The number of carbonyl (C=O) groups is 1. The van der Waals surface area contributed by atoms with Crippen molar-refractivity contribution < 1.29 is 9.90 Å². The van der Waals surface area contributed by atoms with Gasteiger partial charge >= 0.3 is 0 Å². The highest BCUT2D eigenvalue weighted by Crippen LogP contribution is 2.32. The molecule has 0 spiro atoms. The summed E-state index contributed by atoms with van der Waals surface area (Å²) < 4.78 is 1.01. The molecule has 0 atom stereocenters. The smallest absolute Gasteiger partial charge is 0.0497 e. The highest BCUT2D eigenvalue weighted by Gasteiger charge is 2.13. The Hall–Kier alpha value is -2.07. The SMILES string of the molecule is Cc1ccc2[nH]c(-c3ccc(Br)cc3)c(CCC(=O)[O-])c2c1. The van der Waals surface area contributed by atoms with Crippen molar-refractivity contribution in [3.8, 4) is 11.3 Å². The first-order valence-electron chi connectivity index (χ1n) is 7.11. The predicted octanol–water partition coefficient (Wildman–Crippen LogP) is 3.59. The number of rotatable bonds is 4. The summed E-state index contributed by atoms with van der Waals surface area (Å²) in [6.07, 6.45) is 0.474. The zero-order chi connectivity index (χ0) is 15.7. The Morgan fingerprint density at radius 3 is 2.59 bits per heavy atom. The largest absolute Gasteiger partial charge is 0.550 e. The van der Waals surface area contributed by atoms with Crippen LogP contribution in [0.25, 0.3) is 22.2 Å². The van der Waals surface area contributed by atoms with Crippen molar-refractivity contribution in [3.05, 3.63) is 58.1 Å². The summed E-state index contributed by atoms with van der Waals surface area (Å²) in [5.41, 5.74) is 5.24. The van der Waals surface area contributed by atoms with Gasteiger partial charge in [0.2, 0.25) is 0 Å². The van der Waals surface area contributed by atoms with Gasteiger partial charge in [-0.3, -0.25) is 0 Å². The molecule has 0 saturated heterocycles. The standard InChI is InChI=1S/C18H16BrNO2/c1-11-2-8-16-15(10-11)14(7-9-17(21)22)18(20-16)12-3-5-13(19)6-4-12/h2-6,8,10,20H,7,9H2,1H3,(H,21,22)/p-1. The molecule has 0 unspecified atom stereocenters. The Labute approximate surface area is 137 Å². The van der Waals surface area contributed by atoms with Gasteiger partial charge in [-0.1, -0.05) is 39.7 Å². The molecule has 0 aliphatic carbocycles. The molecule has 0 bridgehead atoms. The van der Waals surface area contributed by atoms with Gasteiger partial charge in [0.05, 0.1) is 0 Å². The van der Waals surface area contributed by atoms with E-state index in [2.05, 4.69) is 27.0 Å². The quantitative estimate of drug-likeness (QED) is 0.776. The lowest BCUT2D eigenvalue weighted by atomic mass is 10.0. The second-order valence-corrected chi connectivity index (χ2v) is 6.32. The van der Waals surface area contributed by atoms with Crippen molar-refractivity contribution in [1.82, 2.24) is 4.98 Å². The van der Waals surface area contributed by atoms with Gasteiger partial charge in [0.25, 0.3) is 0 Å². The third-order valence-electron chi connectivity index (χ3n) is 3.77. The number of carbonyl (C=O) groups excluding carboxylic acids is 1. The lowest BCUT2D eigenvalue weighted by Crippen LogP contribution is -2.22. The second kappa shape index (κ2) is 5.97. The molecule has 1 heterocycles. The average Bonchev–Trinajstić information content (AvgIpc) is 2.83. The van der Waals surface area contributed by atoms with Crippen molar-refractivity contribution >= 4 is 32.8 Å². The van der Waals surface area contributed by atoms with E-state index in [1.165, 1.54) is 0 Å². The lowest BCUT2D eigenvalue weighted by molar-refractivity contribution is -0.305. The maximum Gasteiger partial charge on any atom is 0.0497 e. The minimum atomic E-state index is -1.02. The number of nitrogens with one attached hydrogen (secondary N) is 1. The van der Waals surface area contributed by atoms with Gasteiger partial charge in [-0.25, -0.2) is 0 Å². The molecule has 2 aromatic carbocycles. The maximum atomic E-state index is 10.9. The van der Waals surface area contributed by atoms with Crippen LogP contribution in [0.1, 0.15) is 17.5 Å². The van der Waals surface area contributed by atoms with Gasteiger partial charge in [0.15, 0.2) is 0 Å². The minimum absolute atomic E-state index is 0.0183. The molecule has 0 radical (unpaired) electrons. The number of aromatic nitrogens is 1. The van der Waals surface area contributed by atoms with Crippen molar-refractivity contribution in [2.75, 3.05) is 0 Å². The van der Waals surface area contributed by atoms with E-state index in [0.29, 0.717) is 6.42 Å². The third kappa shape index (κ3) is 2.92. The number of aliphatic carboxylic acids is 1. The summed E-state index contributed by atoms with van der Waals surface area (Å²) in [4.78, 5) is 14.3. The van der Waals surface area contributed by atoms with E-state index >= 15 is 0 Å². The van der Waals surface area contributed by atoms with Crippen LogP contribution in [0, 0.1) is 6.92 Å². The molecule has 1 aromatic heterocycles. The average molecular weight is 357 g/mol. The summed E-state index contributed by atoms with van der Waals surface area (Å²) in [6, 6.07) is 14.2. The van der Waals surface area contributed by atoms with Crippen LogP contribution < -0.4 is 5.11 Å². The number of hydrogen-bond donors (Lipinski definition) is 1. The van der Waals surface area contributed by atoms with Crippen molar-refractivity contribution in [2.24, 2.45) is 0 Å². The number of fused-ring (bicyclic) bond motifs is 1. The van der Waals surface area contributed by atoms with Crippen LogP contribution in [0.3, 0.4) is 0 Å². The van der Waals surface area contributed by atoms with Gasteiger partial charge in [0, 0.05) is 27.0 Å². The van der Waals surface area contributed by atoms with Crippen LogP contribution >= 0.6 is 15.9 Å². The number of halogens is 1. The van der Waals surface area contributed by atoms with Gasteiger partial charge in [0.1, 0.15) is 0 Å². The number of carboxylic acids is 1. The topological polar surface area (TPSA) is 55.9 Å². The Bertz CT molecular complexity index is 834. The molecular weight excluding hydrogens is 342 g/mol. The van der Waals surface area contributed by atoms with Crippen LogP contribution in [0.4, 0.5) is 0 Å². The molecule has 3 nitrogen and oxygen atoms in total. The zero-order valence-electron chi connectivity index (χ0n) is 12.2. The molecule has 0 saturated carbocycles. The van der Waals surface area contributed by atoms with Crippen LogP contribution in [-0.2, 0) is 11.2 Å². The van der Waals surface area contributed by atoms with Crippen LogP contribution in [0.5, 0.6) is 0 Å². The predicted molar refractivity (Wildman–Crippen MR) is 89.5 cm³/mol. The molecule has 3 rings (SSSR count). The molecule has 22 heavy (non-hydrogen) atoms. The van der Waals surface area contributed by atoms with E-state index in [1.54, 1.807) is 0 Å². The van der Waals surface area contributed by atoms with Gasteiger partial charge in [-0.2, -0.15) is 0 Å². The first-order chi connectivity index (χ1) is 10.5. The number of aromatic amines is 1. The molecule has 112 valence electrons. The third-order valence-corrected chi connectivity index (χ3v) is 4.30. The summed E-state index contributed by atoms with van der Waals surface area (Å²) in [7, 11) is 0. The fourth-order valence-electron chi connectivity index (χ4n) is 2.71. The Balaban J connectivity index is 2.16. The van der Waals surface area contributed by atoms with Crippen LogP contribution in [0.2, 0.25) is 0 Å². The highest BCUT2D eigenvalue weighted by molar-refractivity contribution is 9.10. The summed E-state index contributed by atoms with van der Waals surface area (Å²) in [5, 5.41) is 11.9.